The average Bonchev–Trinajstić information content (AvgIpc) is 2.89. The Bertz CT molecular complexity index is 1320. The lowest BCUT2D eigenvalue weighted by atomic mass is 10.1. The first-order chi connectivity index (χ1) is 17.3. The van der Waals surface area contributed by atoms with E-state index in [1.165, 1.54) is 31.2 Å². The van der Waals surface area contributed by atoms with Crippen molar-refractivity contribution in [3.63, 3.8) is 0 Å². The summed E-state index contributed by atoms with van der Waals surface area (Å²) in [6, 6.07) is 18.3. The third-order valence-corrected chi connectivity index (χ3v) is 6.67. The minimum absolute atomic E-state index is 0.0532. The molecule has 0 heterocycles. The van der Waals surface area contributed by atoms with E-state index in [4.69, 9.17) is 9.47 Å². The van der Waals surface area contributed by atoms with Gasteiger partial charge in [-0.1, -0.05) is 18.2 Å². The van der Waals surface area contributed by atoms with E-state index < -0.39 is 15.9 Å². The van der Waals surface area contributed by atoms with Crippen LogP contribution >= 0.6 is 0 Å². The lowest BCUT2D eigenvalue weighted by Crippen LogP contribution is -2.27. The SMILES string of the molecule is CCS(=O)(=O)Nc1ccc(C(=O)Nc2ccccc2C(=O)NCCc2ccc(OC)c(OC)c2)cc1. The third-order valence-electron chi connectivity index (χ3n) is 5.37. The Balaban J connectivity index is 1.63. The fraction of sp³-hybridized carbons (Fsp3) is 0.231. The highest BCUT2D eigenvalue weighted by Crippen LogP contribution is 2.27. The lowest BCUT2D eigenvalue weighted by molar-refractivity contribution is 0.0955. The van der Waals surface area contributed by atoms with Crippen LogP contribution in [0.25, 0.3) is 0 Å². The molecule has 36 heavy (non-hydrogen) atoms. The number of carbonyl (C=O) groups excluding carboxylic acids is 2. The minimum Gasteiger partial charge on any atom is -0.493 e. The van der Waals surface area contributed by atoms with E-state index >= 15 is 0 Å². The monoisotopic (exact) mass is 511 g/mol. The van der Waals surface area contributed by atoms with Gasteiger partial charge in [-0.15, -0.1) is 0 Å². The largest absolute Gasteiger partial charge is 0.493 e. The molecule has 0 aliphatic rings. The van der Waals surface area contributed by atoms with Gasteiger partial charge in [-0.25, -0.2) is 8.42 Å². The predicted octanol–water partition coefficient (Wildman–Crippen LogP) is 3.69. The zero-order valence-electron chi connectivity index (χ0n) is 20.3. The van der Waals surface area contributed by atoms with E-state index in [1.54, 1.807) is 38.5 Å². The van der Waals surface area contributed by atoms with Crippen molar-refractivity contribution >= 4 is 33.2 Å². The normalized spacial score (nSPS) is 10.9. The number of anilines is 2. The Morgan fingerprint density at radius 2 is 1.56 bits per heavy atom. The van der Waals surface area contributed by atoms with E-state index in [9.17, 15) is 18.0 Å². The zero-order valence-corrected chi connectivity index (χ0v) is 21.1. The van der Waals surface area contributed by atoms with E-state index in [-0.39, 0.29) is 11.7 Å². The first-order valence-corrected chi connectivity index (χ1v) is 12.9. The number of methoxy groups -OCH3 is 2. The van der Waals surface area contributed by atoms with Crippen LogP contribution in [0.4, 0.5) is 11.4 Å². The van der Waals surface area contributed by atoms with Crippen LogP contribution in [0.15, 0.2) is 66.7 Å². The molecule has 3 aromatic rings. The van der Waals surface area contributed by atoms with Crippen LogP contribution < -0.4 is 24.8 Å². The number of nitrogens with one attached hydrogen (secondary N) is 3. The van der Waals surface area contributed by atoms with Crippen molar-refractivity contribution in [2.75, 3.05) is 36.6 Å². The molecule has 3 N–H and O–H groups in total. The summed E-state index contributed by atoms with van der Waals surface area (Å²) in [6.45, 7) is 1.92. The molecule has 2 amide bonds. The van der Waals surface area contributed by atoms with Crippen molar-refractivity contribution in [1.82, 2.24) is 5.32 Å². The van der Waals surface area contributed by atoms with Gasteiger partial charge in [0.2, 0.25) is 10.0 Å². The first-order valence-electron chi connectivity index (χ1n) is 11.3. The molecule has 0 aliphatic carbocycles. The maximum absolute atomic E-state index is 12.8. The van der Waals surface area contributed by atoms with Gasteiger partial charge in [0.05, 0.1) is 31.2 Å². The third kappa shape index (κ3) is 6.98. The number of hydrogen-bond donors (Lipinski definition) is 3. The molecule has 0 aliphatic heterocycles. The molecule has 0 unspecified atom stereocenters. The molecule has 0 spiro atoms. The Morgan fingerprint density at radius 1 is 0.861 bits per heavy atom. The number of benzene rings is 3. The highest BCUT2D eigenvalue weighted by molar-refractivity contribution is 7.92. The number of para-hydroxylation sites is 1. The average molecular weight is 512 g/mol. The second-order valence-corrected chi connectivity index (χ2v) is 9.79. The summed E-state index contributed by atoms with van der Waals surface area (Å²) >= 11 is 0. The van der Waals surface area contributed by atoms with Gasteiger partial charge < -0.3 is 20.1 Å². The molecule has 9 nitrogen and oxygen atoms in total. The lowest BCUT2D eigenvalue weighted by Gasteiger charge is -2.13. The molecular formula is C26H29N3O6S. The molecule has 0 saturated carbocycles. The molecule has 0 saturated heterocycles. The summed E-state index contributed by atoms with van der Waals surface area (Å²) in [6.07, 6.45) is 0.578. The number of carbonyl (C=O) groups is 2. The molecule has 0 bridgehead atoms. The summed E-state index contributed by atoms with van der Waals surface area (Å²) in [5, 5.41) is 5.63. The van der Waals surface area contributed by atoms with Gasteiger partial charge in [0.1, 0.15) is 0 Å². The predicted molar refractivity (Wildman–Crippen MR) is 140 cm³/mol. The second-order valence-electron chi connectivity index (χ2n) is 7.78. The second kappa shape index (κ2) is 12.1. The highest BCUT2D eigenvalue weighted by Gasteiger charge is 2.15. The Kier molecular flexibility index (Phi) is 8.91. The van der Waals surface area contributed by atoms with E-state index in [2.05, 4.69) is 15.4 Å². The van der Waals surface area contributed by atoms with Crippen LogP contribution in [0, 0.1) is 0 Å². The first kappa shape index (κ1) is 26.6. The maximum atomic E-state index is 12.8. The Morgan fingerprint density at radius 3 is 2.22 bits per heavy atom. The molecule has 0 aromatic heterocycles. The van der Waals surface area contributed by atoms with Gasteiger partial charge >= 0.3 is 0 Å². The van der Waals surface area contributed by atoms with Gasteiger partial charge in [0.15, 0.2) is 11.5 Å². The fourth-order valence-corrected chi connectivity index (χ4v) is 4.02. The van der Waals surface area contributed by atoms with Crippen molar-refractivity contribution in [1.29, 1.82) is 0 Å². The Labute approximate surface area is 210 Å². The van der Waals surface area contributed by atoms with Crippen LogP contribution in [0.5, 0.6) is 11.5 Å². The van der Waals surface area contributed by atoms with E-state index in [1.807, 2.05) is 18.2 Å². The number of rotatable bonds is 11. The molecular weight excluding hydrogens is 482 g/mol. The van der Waals surface area contributed by atoms with Gasteiger partial charge in [-0.2, -0.15) is 0 Å². The van der Waals surface area contributed by atoms with Gasteiger partial charge in [0, 0.05) is 17.8 Å². The molecule has 3 rings (SSSR count). The Hall–Kier alpha value is -4.05. The van der Waals surface area contributed by atoms with Crippen molar-refractivity contribution < 1.29 is 27.5 Å². The van der Waals surface area contributed by atoms with Gasteiger partial charge in [0.25, 0.3) is 11.8 Å². The van der Waals surface area contributed by atoms with Crippen molar-refractivity contribution in [2.45, 2.75) is 13.3 Å². The van der Waals surface area contributed by atoms with Crippen LogP contribution in [0.3, 0.4) is 0 Å². The van der Waals surface area contributed by atoms with Crippen molar-refractivity contribution in [3.8, 4) is 11.5 Å². The topological polar surface area (TPSA) is 123 Å². The van der Waals surface area contributed by atoms with Crippen molar-refractivity contribution in [3.05, 3.63) is 83.4 Å². The standard InChI is InChI=1S/C26H29N3O6S/c1-4-36(32,33)29-20-12-10-19(11-13-20)25(30)28-22-8-6-5-7-21(22)26(31)27-16-15-18-9-14-23(34-2)24(17-18)35-3/h5-14,17,29H,4,15-16H2,1-3H3,(H,27,31)(H,28,30). The molecule has 3 aromatic carbocycles. The fourth-order valence-electron chi connectivity index (χ4n) is 3.38. The summed E-state index contributed by atoms with van der Waals surface area (Å²) < 4.78 is 36.4. The smallest absolute Gasteiger partial charge is 0.255 e. The number of amides is 2. The van der Waals surface area contributed by atoms with E-state index in [0.717, 1.165) is 5.56 Å². The highest BCUT2D eigenvalue weighted by atomic mass is 32.2. The van der Waals surface area contributed by atoms with Crippen LogP contribution in [-0.4, -0.2) is 46.7 Å². The minimum atomic E-state index is -3.41. The molecule has 0 atom stereocenters. The number of ether oxygens (including phenoxy) is 2. The summed E-state index contributed by atoms with van der Waals surface area (Å²) in [5.74, 6) is 0.445. The van der Waals surface area contributed by atoms with Crippen LogP contribution in [-0.2, 0) is 16.4 Å². The summed E-state index contributed by atoms with van der Waals surface area (Å²) in [4.78, 5) is 25.6. The number of hydrogen-bond acceptors (Lipinski definition) is 6. The van der Waals surface area contributed by atoms with Crippen LogP contribution in [0.2, 0.25) is 0 Å². The molecule has 190 valence electrons. The summed E-state index contributed by atoms with van der Waals surface area (Å²) in [7, 11) is -0.272. The number of sulfonamides is 1. The van der Waals surface area contributed by atoms with Crippen molar-refractivity contribution in [2.24, 2.45) is 0 Å². The quantitative estimate of drug-likeness (QED) is 0.361. The zero-order chi connectivity index (χ0) is 26.1. The van der Waals surface area contributed by atoms with Crippen LogP contribution in [0.1, 0.15) is 33.2 Å². The van der Waals surface area contributed by atoms with Gasteiger partial charge in [-0.3, -0.25) is 14.3 Å². The summed E-state index contributed by atoms with van der Waals surface area (Å²) in [5.41, 5.74) is 2.34. The molecule has 10 heteroatoms. The molecule has 0 radical (unpaired) electrons. The van der Waals surface area contributed by atoms with Gasteiger partial charge in [-0.05, 0) is 67.4 Å². The van der Waals surface area contributed by atoms with E-state index in [0.29, 0.717) is 47.0 Å². The molecule has 0 fully saturated rings. The maximum Gasteiger partial charge on any atom is 0.255 e.